The van der Waals surface area contributed by atoms with Gasteiger partial charge in [-0.25, -0.2) is 0 Å². The van der Waals surface area contributed by atoms with Gasteiger partial charge in [-0.05, 0) is 66.4 Å². The van der Waals surface area contributed by atoms with E-state index in [1.807, 2.05) is 53.4 Å². The maximum atomic E-state index is 12.4. The molecule has 0 bridgehead atoms. The molecule has 1 fully saturated rings. The zero-order valence-corrected chi connectivity index (χ0v) is 19.7. The highest BCUT2D eigenvalue weighted by Gasteiger charge is 2.23. The van der Waals surface area contributed by atoms with Crippen molar-refractivity contribution in [1.29, 1.82) is 0 Å². The molecule has 1 saturated heterocycles. The van der Waals surface area contributed by atoms with Crippen molar-refractivity contribution in [1.82, 2.24) is 4.90 Å². The molecule has 34 heavy (non-hydrogen) atoms. The van der Waals surface area contributed by atoms with Crippen LogP contribution in [0.15, 0.2) is 71.3 Å². The third kappa shape index (κ3) is 5.78. The number of furan rings is 1. The minimum Gasteiger partial charge on any atom is -0.484 e. The Morgan fingerprint density at radius 1 is 1.00 bits per heavy atom. The highest BCUT2D eigenvalue weighted by Crippen LogP contribution is 2.22. The van der Waals surface area contributed by atoms with E-state index in [-0.39, 0.29) is 18.4 Å². The summed E-state index contributed by atoms with van der Waals surface area (Å²) in [5, 5.41) is 2.87. The Labute approximate surface area is 200 Å². The van der Waals surface area contributed by atoms with Gasteiger partial charge in [-0.15, -0.1) is 0 Å². The highest BCUT2D eigenvalue weighted by atomic mass is 16.5. The second-order valence-electron chi connectivity index (χ2n) is 8.52. The number of benzene rings is 2. The Morgan fingerprint density at radius 3 is 2.32 bits per heavy atom. The van der Waals surface area contributed by atoms with Crippen LogP contribution in [0.5, 0.6) is 5.75 Å². The van der Waals surface area contributed by atoms with Crippen LogP contribution in [0, 0.1) is 0 Å². The van der Waals surface area contributed by atoms with Crippen molar-refractivity contribution in [2.75, 3.05) is 43.0 Å². The first-order chi connectivity index (χ1) is 16.5. The second-order valence-corrected chi connectivity index (χ2v) is 8.52. The molecular weight excluding hydrogens is 430 g/mol. The van der Waals surface area contributed by atoms with E-state index in [2.05, 4.69) is 24.1 Å². The first kappa shape index (κ1) is 23.4. The standard InChI is InChI=1S/C27H31N3O4/c1-3-20(2)21-6-12-24(13-7-21)34-19-26(31)28-22-8-10-23(11-9-22)29-14-16-30(17-15-29)27(32)25-5-4-18-33-25/h4-13,18,20H,3,14-17,19H2,1-2H3,(H,28,31)/t20-/m1/s1. The van der Waals surface area contributed by atoms with Gasteiger partial charge in [0.25, 0.3) is 11.8 Å². The molecule has 2 heterocycles. The van der Waals surface area contributed by atoms with Crippen LogP contribution in [0.3, 0.4) is 0 Å². The molecular formula is C27H31N3O4. The van der Waals surface area contributed by atoms with Crippen molar-refractivity contribution in [2.45, 2.75) is 26.2 Å². The summed E-state index contributed by atoms with van der Waals surface area (Å²) < 4.78 is 10.8. The molecule has 0 unspecified atom stereocenters. The minimum absolute atomic E-state index is 0.0455. The SMILES string of the molecule is CC[C@@H](C)c1ccc(OCC(=O)Nc2ccc(N3CCN(C(=O)c4ccco4)CC3)cc2)cc1. The zero-order chi connectivity index (χ0) is 23.9. The first-order valence-corrected chi connectivity index (χ1v) is 11.7. The van der Waals surface area contributed by atoms with Crippen molar-refractivity contribution < 1.29 is 18.7 Å². The number of hydrogen-bond donors (Lipinski definition) is 1. The van der Waals surface area contributed by atoms with Gasteiger partial charge in [0.2, 0.25) is 0 Å². The predicted molar refractivity (Wildman–Crippen MR) is 133 cm³/mol. The van der Waals surface area contributed by atoms with Crippen LogP contribution in [-0.2, 0) is 4.79 Å². The van der Waals surface area contributed by atoms with Gasteiger partial charge in [0, 0.05) is 37.6 Å². The number of anilines is 2. The number of piperazine rings is 1. The van der Waals surface area contributed by atoms with Crippen LogP contribution in [-0.4, -0.2) is 49.5 Å². The molecule has 1 aromatic heterocycles. The fourth-order valence-corrected chi connectivity index (χ4v) is 3.95. The molecule has 3 aromatic rings. The molecule has 2 amide bonds. The van der Waals surface area contributed by atoms with Crippen molar-refractivity contribution in [2.24, 2.45) is 0 Å². The number of ether oxygens (including phenoxy) is 1. The smallest absolute Gasteiger partial charge is 0.289 e. The van der Waals surface area contributed by atoms with E-state index in [1.165, 1.54) is 11.8 Å². The molecule has 4 rings (SSSR count). The predicted octanol–water partition coefficient (Wildman–Crippen LogP) is 4.77. The average molecular weight is 462 g/mol. The second kappa shape index (κ2) is 10.9. The van der Waals surface area contributed by atoms with Crippen LogP contribution in [0.25, 0.3) is 0 Å². The van der Waals surface area contributed by atoms with Gasteiger partial charge in [-0.2, -0.15) is 0 Å². The van der Waals surface area contributed by atoms with Gasteiger partial charge < -0.3 is 24.3 Å². The van der Waals surface area contributed by atoms with E-state index in [0.717, 1.165) is 30.9 Å². The molecule has 1 aliphatic rings. The fraction of sp³-hybridized carbons (Fsp3) is 0.333. The maximum absolute atomic E-state index is 12.4. The third-order valence-corrected chi connectivity index (χ3v) is 6.25. The van der Waals surface area contributed by atoms with Crippen LogP contribution < -0.4 is 15.0 Å². The Hall–Kier alpha value is -3.74. The quantitative estimate of drug-likeness (QED) is 0.523. The zero-order valence-electron chi connectivity index (χ0n) is 19.7. The Balaban J connectivity index is 1.23. The van der Waals surface area contributed by atoms with E-state index >= 15 is 0 Å². The van der Waals surface area contributed by atoms with Crippen molar-refractivity contribution >= 4 is 23.2 Å². The summed E-state index contributed by atoms with van der Waals surface area (Å²) in [6.07, 6.45) is 2.60. The number of nitrogens with zero attached hydrogens (tertiary/aromatic N) is 2. The minimum atomic E-state index is -0.205. The topological polar surface area (TPSA) is 75.0 Å². The first-order valence-electron chi connectivity index (χ1n) is 11.7. The molecule has 7 nitrogen and oxygen atoms in total. The Morgan fingerprint density at radius 2 is 1.71 bits per heavy atom. The summed E-state index contributed by atoms with van der Waals surface area (Å²) >= 11 is 0. The molecule has 2 aromatic carbocycles. The van der Waals surface area contributed by atoms with Crippen LogP contribution in [0.4, 0.5) is 11.4 Å². The van der Waals surface area contributed by atoms with Gasteiger partial charge >= 0.3 is 0 Å². The lowest BCUT2D eigenvalue weighted by molar-refractivity contribution is -0.118. The fourth-order valence-electron chi connectivity index (χ4n) is 3.95. The van der Waals surface area contributed by atoms with E-state index < -0.39 is 0 Å². The Bertz CT molecular complexity index is 1070. The molecule has 0 aliphatic carbocycles. The van der Waals surface area contributed by atoms with Crippen molar-refractivity contribution in [3.63, 3.8) is 0 Å². The van der Waals surface area contributed by atoms with Crippen molar-refractivity contribution in [3.05, 3.63) is 78.3 Å². The van der Waals surface area contributed by atoms with Gasteiger partial charge in [-0.1, -0.05) is 26.0 Å². The monoisotopic (exact) mass is 461 g/mol. The van der Waals surface area contributed by atoms with Gasteiger partial charge in [0.1, 0.15) is 5.75 Å². The Kier molecular flexibility index (Phi) is 7.52. The molecule has 0 radical (unpaired) electrons. The van der Waals surface area contributed by atoms with Crippen LogP contribution >= 0.6 is 0 Å². The third-order valence-electron chi connectivity index (χ3n) is 6.25. The molecule has 1 atom stereocenters. The summed E-state index contributed by atoms with van der Waals surface area (Å²) in [5.74, 6) is 1.29. The maximum Gasteiger partial charge on any atom is 0.289 e. The highest BCUT2D eigenvalue weighted by molar-refractivity contribution is 5.92. The van der Waals surface area contributed by atoms with E-state index in [9.17, 15) is 9.59 Å². The lowest BCUT2D eigenvalue weighted by Gasteiger charge is -2.35. The van der Waals surface area contributed by atoms with E-state index in [4.69, 9.17) is 9.15 Å². The lowest BCUT2D eigenvalue weighted by Crippen LogP contribution is -2.48. The molecule has 1 aliphatic heterocycles. The normalized spacial score (nSPS) is 14.5. The van der Waals surface area contributed by atoms with E-state index in [0.29, 0.717) is 30.5 Å². The van der Waals surface area contributed by atoms with Gasteiger partial charge in [0.05, 0.1) is 6.26 Å². The summed E-state index contributed by atoms with van der Waals surface area (Å²) in [4.78, 5) is 28.7. The number of carbonyl (C=O) groups excluding carboxylic acids is 2. The average Bonchev–Trinajstić information content (AvgIpc) is 3.43. The molecule has 0 spiro atoms. The summed E-state index contributed by atoms with van der Waals surface area (Å²) in [6, 6.07) is 19.1. The number of rotatable bonds is 8. The van der Waals surface area contributed by atoms with E-state index in [1.54, 1.807) is 12.1 Å². The summed E-state index contributed by atoms with van der Waals surface area (Å²) in [6.45, 7) is 7.05. The number of carbonyl (C=O) groups is 2. The number of amides is 2. The summed E-state index contributed by atoms with van der Waals surface area (Å²) in [7, 11) is 0. The molecule has 178 valence electrons. The lowest BCUT2D eigenvalue weighted by atomic mass is 9.99. The summed E-state index contributed by atoms with van der Waals surface area (Å²) in [5.41, 5.74) is 3.04. The van der Waals surface area contributed by atoms with Crippen LogP contribution in [0.1, 0.15) is 42.3 Å². The molecule has 1 N–H and O–H groups in total. The number of hydrogen-bond acceptors (Lipinski definition) is 5. The molecule has 0 saturated carbocycles. The van der Waals surface area contributed by atoms with Crippen molar-refractivity contribution in [3.8, 4) is 5.75 Å². The molecule has 7 heteroatoms. The van der Waals surface area contributed by atoms with Gasteiger partial charge in [-0.3, -0.25) is 9.59 Å². The van der Waals surface area contributed by atoms with Gasteiger partial charge in [0.15, 0.2) is 12.4 Å². The largest absolute Gasteiger partial charge is 0.484 e. The number of nitrogens with one attached hydrogen (secondary N) is 1. The van der Waals surface area contributed by atoms with Crippen LogP contribution in [0.2, 0.25) is 0 Å².